The second-order valence-corrected chi connectivity index (χ2v) is 10.8. The van der Waals surface area contributed by atoms with Gasteiger partial charge in [-0.1, -0.05) is 41.4 Å². The Kier molecular flexibility index (Phi) is 12.1. The summed E-state index contributed by atoms with van der Waals surface area (Å²) in [6.07, 6.45) is 7.22. The van der Waals surface area contributed by atoms with Crippen LogP contribution >= 0.6 is 40.2 Å². The van der Waals surface area contributed by atoms with Crippen LogP contribution in [0.15, 0.2) is 71.9 Å². The quantitative estimate of drug-likeness (QED) is 0.156. The number of nitrogen functional groups attached to an aromatic ring is 2. The Hall–Kier alpha value is -2.31. The second kappa shape index (κ2) is 14.4. The second-order valence-electron chi connectivity index (χ2n) is 8.59. The number of unbranched alkanes of at least 4 members (excludes halogenated alkanes) is 1. The maximum Gasteiger partial charge on any atom is 0.332 e. The van der Waals surface area contributed by atoms with E-state index in [1.165, 1.54) is 12.1 Å². The number of benzene rings is 2. The fourth-order valence-corrected chi connectivity index (χ4v) is 4.86. The van der Waals surface area contributed by atoms with Crippen molar-refractivity contribution < 1.29 is 33.9 Å². The molecule has 0 atom stereocenters. The Balaban J connectivity index is 0.00000267. The number of rotatable bonds is 9. The summed E-state index contributed by atoms with van der Waals surface area (Å²) in [4.78, 5) is 8.21. The van der Waals surface area contributed by atoms with Gasteiger partial charge in [0.05, 0.1) is 20.6 Å². The number of nitrogens with two attached hydrogens (primary N) is 2. The molecule has 0 bridgehead atoms. The normalized spacial score (nSPS) is 10.9. The molecule has 0 unspecified atom stereocenters. The molecular weight excluding hydrogens is 696 g/mol. The standard InChI is InChI=1S/C26H25Cl2FN5O2S.2BrH/c27-21-12-9-19(14-22(21)28)24-23(32-26(31)33-25(24)30)6-2-1-4-17-5-3-13-34(15-17)16-18-7-10-20(11-8-18)37(29,35)36;;/h3,5,7-15H,1-2,4,6,16H2,(H4,30,31,32,33);2*1H/q+1;;/p-1. The Labute approximate surface area is 258 Å². The lowest BCUT2D eigenvalue weighted by molar-refractivity contribution is -0.688. The summed E-state index contributed by atoms with van der Waals surface area (Å²) in [7, 11) is -4.70. The van der Waals surface area contributed by atoms with Gasteiger partial charge >= 0.3 is 10.2 Å². The summed E-state index contributed by atoms with van der Waals surface area (Å²) >= 11 is 12.3. The van der Waals surface area contributed by atoms with Crippen molar-refractivity contribution in [1.82, 2.24) is 9.97 Å². The fraction of sp³-hybridized carbons (Fsp3) is 0.192. The van der Waals surface area contributed by atoms with E-state index in [9.17, 15) is 12.3 Å². The van der Waals surface area contributed by atoms with Crippen LogP contribution in [0, 0.1) is 0 Å². The van der Waals surface area contributed by atoms with Crippen molar-refractivity contribution in [3.8, 4) is 11.1 Å². The number of hydrogen-bond donors (Lipinski definition) is 2. The fourth-order valence-electron chi connectivity index (χ4n) is 4.11. The van der Waals surface area contributed by atoms with E-state index in [4.69, 9.17) is 34.7 Å². The van der Waals surface area contributed by atoms with E-state index >= 15 is 0 Å². The first kappa shape index (κ1) is 32.9. The molecule has 0 radical (unpaired) electrons. The lowest BCUT2D eigenvalue weighted by atomic mass is 10.00. The van der Waals surface area contributed by atoms with E-state index in [0.717, 1.165) is 41.6 Å². The maximum atomic E-state index is 13.1. The van der Waals surface area contributed by atoms with Crippen molar-refractivity contribution in [1.29, 1.82) is 0 Å². The molecule has 0 aliphatic heterocycles. The lowest BCUT2D eigenvalue weighted by Gasteiger charge is -2.13. The summed E-state index contributed by atoms with van der Waals surface area (Å²) in [6, 6.07) is 15.1. The predicted octanol–water partition coefficient (Wildman–Crippen LogP) is 2.76. The third kappa shape index (κ3) is 8.84. The van der Waals surface area contributed by atoms with E-state index in [0.29, 0.717) is 34.4 Å². The van der Waals surface area contributed by atoms with Crippen molar-refractivity contribution in [3.63, 3.8) is 0 Å². The van der Waals surface area contributed by atoms with Gasteiger partial charge in [-0.15, -0.1) is 20.9 Å². The van der Waals surface area contributed by atoms with E-state index in [1.54, 1.807) is 24.3 Å². The van der Waals surface area contributed by atoms with Crippen LogP contribution in [0.4, 0.5) is 15.7 Å². The largest absolute Gasteiger partial charge is 1.00 e. The summed E-state index contributed by atoms with van der Waals surface area (Å²) in [5.74, 6) is 0.416. The highest BCUT2D eigenvalue weighted by atomic mass is 79.9. The zero-order valence-electron chi connectivity index (χ0n) is 20.5. The molecule has 39 heavy (non-hydrogen) atoms. The molecule has 4 rings (SSSR count). The van der Waals surface area contributed by atoms with Gasteiger partial charge < -0.3 is 28.4 Å². The van der Waals surface area contributed by atoms with Crippen LogP contribution in [0.25, 0.3) is 11.1 Å². The molecule has 4 N–H and O–H groups in total. The smallest absolute Gasteiger partial charge is 0.332 e. The molecule has 2 aromatic heterocycles. The number of aromatic nitrogens is 3. The summed E-state index contributed by atoms with van der Waals surface area (Å²) < 4.78 is 37.1. The first-order valence-electron chi connectivity index (χ1n) is 11.5. The molecular formula is C26H26Br2Cl2FN5O2S. The molecule has 0 aliphatic rings. The molecule has 0 fully saturated rings. The van der Waals surface area contributed by atoms with Gasteiger partial charge in [0.1, 0.15) is 5.82 Å². The van der Waals surface area contributed by atoms with Gasteiger partial charge in [0.15, 0.2) is 18.9 Å². The first-order valence-corrected chi connectivity index (χ1v) is 13.6. The number of pyridine rings is 1. The van der Waals surface area contributed by atoms with Gasteiger partial charge in [-0.2, -0.15) is 13.4 Å². The number of aryl methyl sites for hydroxylation is 2. The third-order valence-corrected chi connectivity index (χ3v) is 7.43. The molecule has 0 aliphatic carbocycles. The van der Waals surface area contributed by atoms with Gasteiger partial charge in [-0.05, 0) is 61.6 Å². The van der Waals surface area contributed by atoms with Crippen molar-refractivity contribution in [2.75, 3.05) is 11.5 Å². The highest BCUT2D eigenvalue weighted by molar-refractivity contribution is 8.93. The Morgan fingerprint density at radius 2 is 1.59 bits per heavy atom. The molecule has 0 saturated heterocycles. The molecule has 13 heteroatoms. The van der Waals surface area contributed by atoms with Crippen LogP contribution in [0.5, 0.6) is 0 Å². The number of halogens is 5. The van der Waals surface area contributed by atoms with E-state index < -0.39 is 10.2 Å². The minimum atomic E-state index is -4.70. The predicted molar refractivity (Wildman–Crippen MR) is 154 cm³/mol. The average molecular weight is 722 g/mol. The van der Waals surface area contributed by atoms with Crippen LogP contribution in [0.1, 0.15) is 29.7 Å². The molecule has 0 amide bonds. The maximum absolute atomic E-state index is 13.1. The van der Waals surface area contributed by atoms with Crippen molar-refractivity contribution >= 4 is 62.2 Å². The van der Waals surface area contributed by atoms with Crippen molar-refractivity contribution in [3.05, 3.63) is 93.9 Å². The first-order chi connectivity index (χ1) is 17.6. The molecule has 7 nitrogen and oxygen atoms in total. The topological polar surface area (TPSA) is 116 Å². The molecule has 208 valence electrons. The van der Waals surface area contributed by atoms with Crippen LogP contribution in [-0.4, -0.2) is 18.4 Å². The minimum absolute atomic E-state index is 0. The highest BCUT2D eigenvalue weighted by Gasteiger charge is 2.15. The molecule has 4 aromatic rings. The summed E-state index contributed by atoms with van der Waals surface area (Å²) in [6.45, 7) is 0.535. The zero-order chi connectivity index (χ0) is 26.6. The average Bonchev–Trinajstić information content (AvgIpc) is 2.83. The zero-order valence-corrected chi connectivity index (χ0v) is 26.2. The monoisotopic (exact) mass is 719 g/mol. The Bertz CT molecular complexity index is 1540. The third-order valence-electron chi connectivity index (χ3n) is 5.86. The minimum Gasteiger partial charge on any atom is -1.00 e. The molecule has 2 heterocycles. The van der Waals surface area contributed by atoms with E-state index in [2.05, 4.69) is 16.0 Å². The number of nitrogens with zero attached hydrogens (tertiary/aromatic N) is 3. The highest BCUT2D eigenvalue weighted by Crippen LogP contribution is 2.33. The number of anilines is 2. The van der Waals surface area contributed by atoms with E-state index in [-0.39, 0.29) is 44.8 Å². The van der Waals surface area contributed by atoms with Crippen LogP contribution in [0.2, 0.25) is 10.0 Å². The Morgan fingerprint density at radius 1 is 0.897 bits per heavy atom. The van der Waals surface area contributed by atoms with Crippen molar-refractivity contribution in [2.45, 2.75) is 37.1 Å². The van der Waals surface area contributed by atoms with Crippen LogP contribution in [-0.2, 0) is 29.6 Å². The van der Waals surface area contributed by atoms with Crippen molar-refractivity contribution in [2.24, 2.45) is 0 Å². The Morgan fingerprint density at radius 3 is 2.26 bits per heavy atom. The summed E-state index contributed by atoms with van der Waals surface area (Å²) in [5, 5.41) is 0.869. The number of hydrogen-bond acceptors (Lipinski definition) is 6. The van der Waals surface area contributed by atoms with Gasteiger partial charge in [-0.25, -0.2) is 9.55 Å². The SMILES string of the molecule is Br.Nc1nc(N)c(-c2ccc(Cl)c(Cl)c2)c(CCCCc2ccc[n+](Cc3ccc(S(=O)(=O)F)cc3)c2)n1.[Br-]. The van der Waals surface area contributed by atoms with Crippen LogP contribution in [0.3, 0.4) is 0 Å². The van der Waals surface area contributed by atoms with Gasteiger partial charge in [-0.3, -0.25) is 0 Å². The van der Waals surface area contributed by atoms with Gasteiger partial charge in [0.2, 0.25) is 5.95 Å². The van der Waals surface area contributed by atoms with Gasteiger partial charge in [0, 0.05) is 22.8 Å². The molecule has 0 saturated carbocycles. The van der Waals surface area contributed by atoms with Gasteiger partial charge in [0.25, 0.3) is 0 Å². The lowest BCUT2D eigenvalue weighted by Crippen LogP contribution is -3.00. The van der Waals surface area contributed by atoms with E-state index in [1.807, 2.05) is 29.1 Å². The van der Waals surface area contributed by atoms with Crippen LogP contribution < -0.4 is 33.0 Å². The molecule has 2 aromatic carbocycles. The molecule has 0 spiro atoms. The summed E-state index contributed by atoms with van der Waals surface area (Å²) in [5.41, 5.74) is 16.3.